The smallest absolute Gasteiger partial charge is 0.395 e. The first-order valence-corrected chi connectivity index (χ1v) is 6.29. The van der Waals surface area contributed by atoms with Crippen LogP contribution in [0.2, 0.25) is 5.02 Å². The van der Waals surface area contributed by atoms with Crippen molar-refractivity contribution in [3.63, 3.8) is 0 Å². The van der Waals surface area contributed by atoms with E-state index in [0.717, 1.165) is 6.92 Å². The van der Waals surface area contributed by atoms with E-state index < -0.39 is 24.1 Å². The number of hydrogen-bond donors (Lipinski definition) is 2. The molecule has 0 aliphatic rings. The Hall–Kier alpha value is -1.27. The number of rotatable bonds is 5. The number of carbonyl (C=O) groups is 1. The summed E-state index contributed by atoms with van der Waals surface area (Å²) in [7, 11) is 1.54. The average Bonchev–Trinajstić information content (AvgIpc) is 2.32. The molecule has 112 valence electrons. The van der Waals surface area contributed by atoms with Crippen LogP contribution in [0.1, 0.15) is 36.4 Å². The molecule has 0 heterocycles. The third-order valence-electron chi connectivity index (χ3n) is 3.06. The van der Waals surface area contributed by atoms with Gasteiger partial charge in [-0.1, -0.05) is 17.7 Å². The second kappa shape index (κ2) is 6.45. The molecule has 0 amide bonds. The molecule has 7 heteroatoms. The summed E-state index contributed by atoms with van der Waals surface area (Å²) in [6.07, 6.45) is -4.61. The number of nitrogens with one attached hydrogen (secondary N) is 1. The lowest BCUT2D eigenvalue weighted by Crippen LogP contribution is -2.21. The third kappa shape index (κ3) is 4.38. The fraction of sp³-hybridized carbons (Fsp3) is 0.462. The molecule has 2 unspecified atom stereocenters. The molecule has 0 bridgehead atoms. The van der Waals surface area contributed by atoms with Gasteiger partial charge in [-0.15, -0.1) is 0 Å². The van der Waals surface area contributed by atoms with Crippen molar-refractivity contribution in [3.05, 3.63) is 34.3 Å². The molecule has 0 saturated heterocycles. The van der Waals surface area contributed by atoms with E-state index in [0.29, 0.717) is 5.56 Å². The second-order valence-electron chi connectivity index (χ2n) is 4.52. The summed E-state index contributed by atoms with van der Waals surface area (Å²) < 4.78 is 38.2. The van der Waals surface area contributed by atoms with Crippen molar-refractivity contribution in [2.24, 2.45) is 0 Å². The number of aliphatic carboxylic acids is 1. The van der Waals surface area contributed by atoms with Crippen molar-refractivity contribution in [1.82, 2.24) is 5.32 Å². The van der Waals surface area contributed by atoms with E-state index in [1.165, 1.54) is 18.2 Å². The summed E-state index contributed by atoms with van der Waals surface area (Å²) in [6.45, 7) is 1.04. The number of hydrogen-bond acceptors (Lipinski definition) is 2. The van der Waals surface area contributed by atoms with E-state index in [1.807, 2.05) is 0 Å². The van der Waals surface area contributed by atoms with Crippen molar-refractivity contribution in [2.75, 3.05) is 7.05 Å². The zero-order valence-corrected chi connectivity index (χ0v) is 11.7. The quantitative estimate of drug-likeness (QED) is 0.871. The van der Waals surface area contributed by atoms with Gasteiger partial charge >= 0.3 is 12.1 Å². The molecular formula is C13H15ClF3NO2. The minimum Gasteiger partial charge on any atom is -0.481 e. The van der Waals surface area contributed by atoms with E-state index in [2.05, 4.69) is 5.32 Å². The molecule has 0 fully saturated rings. The van der Waals surface area contributed by atoms with Crippen LogP contribution in [0.5, 0.6) is 0 Å². The van der Waals surface area contributed by atoms with Gasteiger partial charge in [0.05, 0.1) is 12.3 Å². The predicted molar refractivity (Wildman–Crippen MR) is 70.0 cm³/mol. The van der Waals surface area contributed by atoms with Crippen LogP contribution >= 0.6 is 11.6 Å². The fourth-order valence-corrected chi connectivity index (χ4v) is 2.09. The van der Waals surface area contributed by atoms with Crippen LogP contribution < -0.4 is 5.32 Å². The standard InChI is InChI=1S/C13H15ClF3NO2/c1-7(13(15,16)17)8-3-9(5-10(14)4-8)11(18-2)6-12(19)20/h3-5,7,11,18H,6H2,1-2H3,(H,19,20). The van der Waals surface area contributed by atoms with Crippen molar-refractivity contribution in [1.29, 1.82) is 0 Å². The molecule has 0 radical (unpaired) electrons. The Morgan fingerprint density at radius 3 is 2.35 bits per heavy atom. The number of benzene rings is 1. The van der Waals surface area contributed by atoms with Crippen LogP contribution in [-0.4, -0.2) is 24.3 Å². The first kappa shape index (κ1) is 16.8. The molecule has 0 aliphatic heterocycles. The van der Waals surface area contributed by atoms with E-state index in [9.17, 15) is 18.0 Å². The summed E-state index contributed by atoms with van der Waals surface area (Å²) in [5.74, 6) is -2.71. The maximum atomic E-state index is 12.7. The molecule has 0 saturated carbocycles. The number of carboxylic acid groups (broad SMARTS) is 1. The Kier molecular flexibility index (Phi) is 5.42. The maximum absolute atomic E-state index is 12.7. The molecule has 2 N–H and O–H groups in total. The number of halogens is 4. The zero-order chi connectivity index (χ0) is 15.5. The summed E-state index contributed by atoms with van der Waals surface area (Å²) in [5, 5.41) is 11.7. The molecule has 3 nitrogen and oxygen atoms in total. The fourth-order valence-electron chi connectivity index (χ4n) is 1.84. The molecular weight excluding hydrogens is 295 g/mol. The Morgan fingerprint density at radius 2 is 1.90 bits per heavy atom. The van der Waals surface area contributed by atoms with Gasteiger partial charge in [-0.3, -0.25) is 4.79 Å². The summed E-state index contributed by atoms with van der Waals surface area (Å²) >= 11 is 5.84. The highest BCUT2D eigenvalue weighted by molar-refractivity contribution is 6.30. The SMILES string of the molecule is CNC(CC(=O)O)c1cc(Cl)cc(C(C)C(F)(F)F)c1. The largest absolute Gasteiger partial charge is 0.481 e. The van der Waals surface area contributed by atoms with Crippen LogP contribution in [-0.2, 0) is 4.79 Å². The van der Waals surface area contributed by atoms with Crippen LogP contribution in [0.15, 0.2) is 18.2 Å². The highest BCUT2D eigenvalue weighted by Gasteiger charge is 2.37. The topological polar surface area (TPSA) is 49.3 Å². The predicted octanol–water partition coefficient (Wildman–Crippen LogP) is 3.74. The van der Waals surface area contributed by atoms with Crippen LogP contribution in [0, 0.1) is 0 Å². The maximum Gasteiger partial charge on any atom is 0.395 e. The lowest BCUT2D eigenvalue weighted by atomic mass is 9.95. The Bertz CT molecular complexity index is 491. The van der Waals surface area contributed by atoms with E-state index >= 15 is 0 Å². The van der Waals surface area contributed by atoms with Crippen LogP contribution in [0.25, 0.3) is 0 Å². The van der Waals surface area contributed by atoms with Crippen molar-refractivity contribution in [3.8, 4) is 0 Å². The van der Waals surface area contributed by atoms with Gasteiger partial charge in [-0.25, -0.2) is 0 Å². The Labute approximate surface area is 119 Å². The Morgan fingerprint density at radius 1 is 1.35 bits per heavy atom. The summed E-state index contributed by atoms with van der Waals surface area (Å²) in [6, 6.07) is 3.47. The van der Waals surface area contributed by atoms with Gasteiger partial charge in [0.2, 0.25) is 0 Å². The van der Waals surface area contributed by atoms with Crippen molar-refractivity contribution >= 4 is 17.6 Å². The average molecular weight is 310 g/mol. The van der Waals surface area contributed by atoms with Crippen molar-refractivity contribution < 1.29 is 23.1 Å². The van der Waals surface area contributed by atoms with Crippen molar-refractivity contribution in [2.45, 2.75) is 31.5 Å². The minimum atomic E-state index is -4.37. The third-order valence-corrected chi connectivity index (χ3v) is 3.28. The van der Waals surface area contributed by atoms with E-state index in [4.69, 9.17) is 16.7 Å². The number of carboxylic acids is 1. The summed E-state index contributed by atoms with van der Waals surface area (Å²) in [5.41, 5.74) is 0.444. The van der Waals surface area contributed by atoms with E-state index in [1.54, 1.807) is 7.05 Å². The second-order valence-corrected chi connectivity index (χ2v) is 4.96. The number of alkyl halides is 3. The lowest BCUT2D eigenvalue weighted by molar-refractivity contribution is -0.146. The highest BCUT2D eigenvalue weighted by Crippen LogP contribution is 2.36. The van der Waals surface area contributed by atoms with E-state index in [-0.39, 0.29) is 17.0 Å². The molecule has 1 aromatic rings. The van der Waals surface area contributed by atoms with Gasteiger partial charge in [-0.05, 0) is 37.2 Å². The van der Waals surface area contributed by atoms with Crippen LogP contribution in [0.4, 0.5) is 13.2 Å². The highest BCUT2D eigenvalue weighted by atomic mass is 35.5. The van der Waals surface area contributed by atoms with Gasteiger partial charge in [0.1, 0.15) is 0 Å². The zero-order valence-electron chi connectivity index (χ0n) is 11.0. The van der Waals surface area contributed by atoms with Gasteiger partial charge < -0.3 is 10.4 Å². The lowest BCUT2D eigenvalue weighted by Gasteiger charge is -2.20. The molecule has 2 atom stereocenters. The normalized spacial score (nSPS) is 14.9. The molecule has 20 heavy (non-hydrogen) atoms. The molecule has 0 aromatic heterocycles. The molecule has 0 spiro atoms. The summed E-state index contributed by atoms with van der Waals surface area (Å²) in [4.78, 5) is 10.8. The first-order chi connectivity index (χ1) is 9.15. The van der Waals surface area contributed by atoms with Gasteiger partial charge in [0.15, 0.2) is 0 Å². The van der Waals surface area contributed by atoms with Gasteiger partial charge in [0, 0.05) is 11.1 Å². The van der Waals surface area contributed by atoms with Crippen LogP contribution in [0.3, 0.4) is 0 Å². The molecule has 0 aliphatic carbocycles. The van der Waals surface area contributed by atoms with Gasteiger partial charge in [-0.2, -0.15) is 13.2 Å². The first-order valence-electron chi connectivity index (χ1n) is 5.91. The Balaban J connectivity index is 3.16. The molecule has 1 aromatic carbocycles. The minimum absolute atomic E-state index is 0.0191. The van der Waals surface area contributed by atoms with Gasteiger partial charge in [0.25, 0.3) is 0 Å². The monoisotopic (exact) mass is 309 g/mol. The molecule has 1 rings (SSSR count).